The van der Waals surface area contributed by atoms with Gasteiger partial charge in [0.05, 0.1) is 31.8 Å². The van der Waals surface area contributed by atoms with Crippen LogP contribution in [0.3, 0.4) is 0 Å². The highest BCUT2D eigenvalue weighted by atomic mass is 16.5. The molecule has 2 aliphatic rings. The molecule has 1 aromatic rings. The Kier molecular flexibility index (Phi) is 4.22. The summed E-state index contributed by atoms with van der Waals surface area (Å²) in [5.74, 6) is 0.0280. The maximum absolute atomic E-state index is 12.0. The van der Waals surface area contributed by atoms with Gasteiger partial charge in [-0.25, -0.2) is 4.68 Å². The van der Waals surface area contributed by atoms with Crippen LogP contribution < -0.4 is 5.32 Å². The second kappa shape index (κ2) is 6.27. The summed E-state index contributed by atoms with van der Waals surface area (Å²) >= 11 is 0. The molecule has 110 valence electrons. The van der Waals surface area contributed by atoms with Crippen LogP contribution in [0.25, 0.3) is 0 Å². The van der Waals surface area contributed by atoms with Gasteiger partial charge in [0.25, 0.3) is 0 Å². The molecule has 0 aromatic carbocycles. The maximum atomic E-state index is 12.0. The summed E-state index contributed by atoms with van der Waals surface area (Å²) in [5.41, 5.74) is 0. The van der Waals surface area contributed by atoms with Crippen molar-refractivity contribution in [3.63, 3.8) is 0 Å². The number of carbonyl (C=O) groups excluding carboxylic acids is 1. The molecule has 8 heteroatoms. The van der Waals surface area contributed by atoms with Gasteiger partial charge in [-0.05, 0) is 36.4 Å². The van der Waals surface area contributed by atoms with Gasteiger partial charge in [-0.15, -0.1) is 5.10 Å². The topological polar surface area (TPSA) is 85.2 Å². The average molecular weight is 280 g/mol. The van der Waals surface area contributed by atoms with E-state index in [1.807, 2.05) is 0 Å². The lowest BCUT2D eigenvalue weighted by atomic mass is 10.1. The predicted molar refractivity (Wildman–Crippen MR) is 69.8 cm³/mol. The van der Waals surface area contributed by atoms with Crippen LogP contribution in [0.15, 0.2) is 6.33 Å². The molecule has 2 aliphatic heterocycles. The summed E-state index contributed by atoms with van der Waals surface area (Å²) in [6, 6.07) is 0.434. The van der Waals surface area contributed by atoms with E-state index in [4.69, 9.17) is 4.74 Å². The first-order valence-corrected chi connectivity index (χ1v) is 7.15. The number of likely N-dealkylation sites (tertiary alicyclic amines) is 1. The molecule has 0 bridgehead atoms. The minimum absolute atomic E-state index is 0.0280. The molecule has 0 spiro atoms. The molecule has 1 N–H and O–H groups in total. The van der Waals surface area contributed by atoms with E-state index in [-0.39, 0.29) is 11.9 Å². The van der Waals surface area contributed by atoms with Crippen LogP contribution in [0.2, 0.25) is 0 Å². The first-order valence-electron chi connectivity index (χ1n) is 7.15. The molecule has 0 radical (unpaired) electrons. The van der Waals surface area contributed by atoms with Gasteiger partial charge in [0, 0.05) is 6.42 Å². The number of nitrogens with zero attached hydrogens (tertiary/aromatic N) is 5. The smallest absolute Gasteiger partial charge is 0.222 e. The third kappa shape index (κ3) is 3.13. The van der Waals surface area contributed by atoms with Crippen molar-refractivity contribution in [3.8, 4) is 0 Å². The number of ether oxygens (including phenoxy) is 1. The normalized spacial score (nSPS) is 27.0. The van der Waals surface area contributed by atoms with E-state index in [2.05, 4.69) is 25.7 Å². The molecular formula is C12H20N6O2. The fourth-order valence-corrected chi connectivity index (χ4v) is 2.89. The lowest BCUT2D eigenvalue weighted by Gasteiger charge is -2.27. The zero-order valence-corrected chi connectivity index (χ0v) is 11.4. The molecule has 3 heterocycles. The van der Waals surface area contributed by atoms with Crippen LogP contribution in [-0.4, -0.2) is 69.4 Å². The van der Waals surface area contributed by atoms with Crippen molar-refractivity contribution in [2.75, 3.05) is 26.3 Å². The van der Waals surface area contributed by atoms with Crippen LogP contribution in [0.5, 0.6) is 0 Å². The third-order valence-electron chi connectivity index (χ3n) is 3.97. The highest BCUT2D eigenvalue weighted by molar-refractivity contribution is 5.76. The summed E-state index contributed by atoms with van der Waals surface area (Å²) in [5, 5.41) is 13.9. The minimum Gasteiger partial charge on any atom is -0.378 e. The molecule has 2 saturated heterocycles. The molecule has 20 heavy (non-hydrogen) atoms. The van der Waals surface area contributed by atoms with Crippen LogP contribution in [0.4, 0.5) is 0 Å². The van der Waals surface area contributed by atoms with Crippen LogP contribution in [0.1, 0.15) is 19.3 Å². The third-order valence-corrected chi connectivity index (χ3v) is 3.97. The molecule has 1 amide bonds. The van der Waals surface area contributed by atoms with E-state index in [1.165, 1.54) is 19.2 Å². The number of hydrogen-bond donors (Lipinski definition) is 1. The van der Waals surface area contributed by atoms with Crippen molar-refractivity contribution >= 4 is 5.91 Å². The van der Waals surface area contributed by atoms with Crippen LogP contribution in [0, 0.1) is 0 Å². The van der Waals surface area contributed by atoms with E-state index in [1.54, 1.807) is 4.68 Å². The number of hydrogen-bond acceptors (Lipinski definition) is 6. The molecule has 0 saturated carbocycles. The Morgan fingerprint density at radius 1 is 1.35 bits per heavy atom. The number of aromatic nitrogens is 4. The van der Waals surface area contributed by atoms with Crippen molar-refractivity contribution in [2.45, 2.75) is 37.9 Å². The van der Waals surface area contributed by atoms with Gasteiger partial charge in [-0.1, -0.05) is 0 Å². The fourth-order valence-electron chi connectivity index (χ4n) is 2.89. The molecule has 2 fully saturated rings. The molecule has 1 aromatic heterocycles. The predicted octanol–water partition coefficient (Wildman–Crippen LogP) is -0.957. The molecule has 3 rings (SSSR count). The number of rotatable bonds is 5. The maximum Gasteiger partial charge on any atom is 0.222 e. The van der Waals surface area contributed by atoms with Crippen molar-refractivity contribution in [3.05, 3.63) is 6.33 Å². The molecular weight excluding hydrogens is 260 g/mol. The van der Waals surface area contributed by atoms with Gasteiger partial charge >= 0.3 is 0 Å². The van der Waals surface area contributed by atoms with Gasteiger partial charge in [-0.2, -0.15) is 0 Å². The van der Waals surface area contributed by atoms with Crippen molar-refractivity contribution in [2.24, 2.45) is 0 Å². The molecule has 2 atom stereocenters. The Balaban J connectivity index is 1.47. The van der Waals surface area contributed by atoms with Crippen molar-refractivity contribution < 1.29 is 9.53 Å². The van der Waals surface area contributed by atoms with E-state index in [9.17, 15) is 4.79 Å². The number of amides is 1. The fraction of sp³-hybridized carbons (Fsp3) is 0.833. The first kappa shape index (κ1) is 13.4. The summed E-state index contributed by atoms with van der Waals surface area (Å²) in [6.45, 7) is 4.06. The summed E-state index contributed by atoms with van der Waals surface area (Å²) in [7, 11) is 0. The Labute approximate surface area is 117 Å². The van der Waals surface area contributed by atoms with E-state index in [0.29, 0.717) is 25.6 Å². The zero-order chi connectivity index (χ0) is 13.8. The van der Waals surface area contributed by atoms with Gasteiger partial charge in [0.2, 0.25) is 5.91 Å². The SMILES string of the molecule is O=C(CCn1cnnn1)N[C@H]1COC[C@@H]1N1CCCC1. The largest absolute Gasteiger partial charge is 0.378 e. The number of nitrogens with one attached hydrogen (secondary N) is 1. The Bertz CT molecular complexity index is 431. The standard InChI is InChI=1S/C12H20N6O2/c19-12(3-6-18-9-13-15-16-18)14-10-7-20-8-11(10)17-4-1-2-5-17/h9-11H,1-8H2,(H,14,19)/t10-,11-/m0/s1. The second-order valence-electron chi connectivity index (χ2n) is 5.34. The lowest BCUT2D eigenvalue weighted by molar-refractivity contribution is -0.122. The van der Waals surface area contributed by atoms with Gasteiger partial charge in [0.15, 0.2) is 0 Å². The quantitative estimate of drug-likeness (QED) is 0.748. The minimum atomic E-state index is 0.0280. The van der Waals surface area contributed by atoms with Gasteiger partial charge in [-0.3, -0.25) is 9.69 Å². The van der Waals surface area contributed by atoms with E-state index in [0.717, 1.165) is 19.7 Å². The molecule has 0 aliphatic carbocycles. The highest BCUT2D eigenvalue weighted by Crippen LogP contribution is 2.19. The summed E-state index contributed by atoms with van der Waals surface area (Å²) in [6.07, 6.45) is 4.39. The summed E-state index contributed by atoms with van der Waals surface area (Å²) < 4.78 is 7.10. The lowest BCUT2D eigenvalue weighted by Crippen LogP contribution is -2.50. The highest BCUT2D eigenvalue weighted by Gasteiger charge is 2.35. The Hall–Kier alpha value is -1.54. The first-order chi connectivity index (χ1) is 9.83. The second-order valence-corrected chi connectivity index (χ2v) is 5.34. The van der Waals surface area contributed by atoms with Gasteiger partial charge < -0.3 is 10.1 Å². The van der Waals surface area contributed by atoms with Crippen molar-refractivity contribution in [1.82, 2.24) is 30.4 Å². The Morgan fingerprint density at radius 3 is 2.95 bits per heavy atom. The number of carbonyl (C=O) groups is 1. The van der Waals surface area contributed by atoms with Crippen molar-refractivity contribution in [1.29, 1.82) is 0 Å². The average Bonchev–Trinajstić information content (AvgIpc) is 3.18. The Morgan fingerprint density at radius 2 is 2.20 bits per heavy atom. The molecule has 0 unspecified atom stereocenters. The number of tetrazole rings is 1. The monoisotopic (exact) mass is 280 g/mol. The zero-order valence-electron chi connectivity index (χ0n) is 11.4. The summed E-state index contributed by atoms with van der Waals surface area (Å²) in [4.78, 5) is 14.4. The van der Waals surface area contributed by atoms with E-state index < -0.39 is 0 Å². The van der Waals surface area contributed by atoms with Crippen LogP contribution >= 0.6 is 0 Å². The van der Waals surface area contributed by atoms with Crippen LogP contribution in [-0.2, 0) is 16.1 Å². The van der Waals surface area contributed by atoms with E-state index >= 15 is 0 Å². The van der Waals surface area contributed by atoms with Gasteiger partial charge in [0.1, 0.15) is 6.33 Å². The molecule has 8 nitrogen and oxygen atoms in total. The number of aryl methyl sites for hydroxylation is 1.